The van der Waals surface area contributed by atoms with Gasteiger partial charge in [0, 0.05) is 19.4 Å². The second-order valence-electron chi connectivity index (χ2n) is 4.53. The number of nitrogens with one attached hydrogen (secondary N) is 1. The van der Waals surface area contributed by atoms with Crippen LogP contribution in [0.3, 0.4) is 0 Å². The van der Waals surface area contributed by atoms with E-state index in [1.807, 2.05) is 37.4 Å². The van der Waals surface area contributed by atoms with Crippen molar-refractivity contribution < 1.29 is 9.53 Å². The van der Waals surface area contributed by atoms with E-state index in [-0.39, 0.29) is 12.5 Å². The molecule has 5 heteroatoms. The molecule has 0 radical (unpaired) electrons. The zero-order valence-corrected chi connectivity index (χ0v) is 11.2. The van der Waals surface area contributed by atoms with Crippen LogP contribution in [0.15, 0.2) is 42.7 Å². The van der Waals surface area contributed by atoms with E-state index >= 15 is 0 Å². The molecule has 0 fully saturated rings. The molecule has 3 rings (SSSR count). The summed E-state index contributed by atoms with van der Waals surface area (Å²) < 4.78 is 5.50. The second-order valence-corrected chi connectivity index (χ2v) is 4.53. The lowest BCUT2D eigenvalue weighted by Crippen LogP contribution is -2.38. The maximum absolute atomic E-state index is 12.2. The van der Waals surface area contributed by atoms with Crippen LogP contribution in [0.1, 0.15) is 5.56 Å². The van der Waals surface area contributed by atoms with Crippen LogP contribution in [-0.4, -0.2) is 24.5 Å². The monoisotopic (exact) mass is 269 g/mol. The molecule has 0 atom stereocenters. The topological polar surface area (TPSA) is 54.5 Å². The summed E-state index contributed by atoms with van der Waals surface area (Å²) in [6, 6.07) is 9.53. The van der Waals surface area contributed by atoms with Crippen molar-refractivity contribution in [2.45, 2.75) is 6.54 Å². The van der Waals surface area contributed by atoms with Crippen molar-refractivity contribution in [1.82, 2.24) is 4.98 Å². The van der Waals surface area contributed by atoms with Gasteiger partial charge in [-0.3, -0.25) is 14.7 Å². The molecule has 1 N–H and O–H groups in total. The molecule has 0 unspecified atom stereocenters. The summed E-state index contributed by atoms with van der Waals surface area (Å²) in [5.74, 6) is 0.683. The van der Waals surface area contributed by atoms with Gasteiger partial charge in [-0.05, 0) is 29.8 Å². The van der Waals surface area contributed by atoms with E-state index < -0.39 is 0 Å². The van der Waals surface area contributed by atoms with E-state index in [2.05, 4.69) is 10.3 Å². The van der Waals surface area contributed by atoms with E-state index in [0.29, 0.717) is 6.54 Å². The number of hydrogen-bond acceptors (Lipinski definition) is 4. The molecule has 102 valence electrons. The molecule has 0 saturated carbocycles. The molecule has 1 amide bonds. The molecule has 1 aromatic carbocycles. The number of benzene rings is 1. The van der Waals surface area contributed by atoms with E-state index in [1.165, 1.54) is 0 Å². The van der Waals surface area contributed by atoms with Crippen LogP contribution in [0.4, 0.5) is 11.4 Å². The average Bonchev–Trinajstić information content (AvgIpc) is 2.50. The van der Waals surface area contributed by atoms with Crippen LogP contribution >= 0.6 is 0 Å². The lowest BCUT2D eigenvalue weighted by Gasteiger charge is -2.31. The van der Waals surface area contributed by atoms with Gasteiger partial charge in [-0.25, -0.2) is 0 Å². The van der Waals surface area contributed by atoms with Crippen molar-refractivity contribution >= 4 is 17.3 Å². The lowest BCUT2D eigenvalue weighted by atomic mass is 10.1. The van der Waals surface area contributed by atoms with Crippen LogP contribution in [0, 0.1) is 0 Å². The molecule has 1 aromatic heterocycles. The first kappa shape index (κ1) is 12.5. The Bertz CT molecular complexity index is 614. The summed E-state index contributed by atoms with van der Waals surface area (Å²) in [5.41, 5.74) is 2.71. The Labute approximate surface area is 117 Å². The standard InChI is InChI=1S/C15H15N3O2/c1-16-12-3-2-4-13-15(12)18(14(19)10-20-13)9-11-5-7-17-8-6-11/h2-8,16H,9-10H2,1H3. The number of hydrogen-bond donors (Lipinski definition) is 1. The molecule has 0 aliphatic carbocycles. The number of aromatic nitrogens is 1. The van der Waals surface area contributed by atoms with E-state index in [9.17, 15) is 4.79 Å². The summed E-state index contributed by atoms with van der Waals surface area (Å²) in [4.78, 5) is 17.9. The lowest BCUT2D eigenvalue weighted by molar-refractivity contribution is -0.121. The highest BCUT2D eigenvalue weighted by atomic mass is 16.5. The maximum atomic E-state index is 12.2. The van der Waals surface area contributed by atoms with Crippen LogP contribution in [0.25, 0.3) is 0 Å². The Kier molecular flexibility index (Phi) is 3.25. The first-order chi connectivity index (χ1) is 9.79. The quantitative estimate of drug-likeness (QED) is 0.926. The van der Waals surface area contributed by atoms with Crippen molar-refractivity contribution in [2.75, 3.05) is 23.9 Å². The Morgan fingerprint density at radius 1 is 1.30 bits per heavy atom. The summed E-state index contributed by atoms with van der Waals surface area (Å²) in [5, 5.41) is 3.11. The Morgan fingerprint density at radius 3 is 2.85 bits per heavy atom. The number of fused-ring (bicyclic) bond motifs is 1. The highest BCUT2D eigenvalue weighted by Crippen LogP contribution is 2.39. The summed E-state index contributed by atoms with van der Waals surface area (Å²) in [6.45, 7) is 0.585. The van der Waals surface area contributed by atoms with Crippen molar-refractivity contribution in [3.63, 3.8) is 0 Å². The van der Waals surface area contributed by atoms with E-state index in [0.717, 1.165) is 22.7 Å². The first-order valence-corrected chi connectivity index (χ1v) is 6.42. The minimum atomic E-state index is -0.0444. The average molecular weight is 269 g/mol. The van der Waals surface area contributed by atoms with Crippen molar-refractivity contribution in [3.05, 3.63) is 48.3 Å². The molecule has 1 aliphatic rings. The third-order valence-corrected chi connectivity index (χ3v) is 3.28. The molecule has 5 nitrogen and oxygen atoms in total. The molecule has 2 aromatic rings. The van der Waals surface area contributed by atoms with E-state index in [4.69, 9.17) is 4.74 Å². The van der Waals surface area contributed by atoms with Crippen LogP contribution < -0.4 is 15.0 Å². The number of ether oxygens (including phenoxy) is 1. The van der Waals surface area contributed by atoms with Crippen LogP contribution in [-0.2, 0) is 11.3 Å². The van der Waals surface area contributed by atoms with Gasteiger partial charge in [0.1, 0.15) is 11.4 Å². The van der Waals surface area contributed by atoms with Gasteiger partial charge >= 0.3 is 0 Å². The van der Waals surface area contributed by atoms with Gasteiger partial charge < -0.3 is 10.1 Å². The molecular weight excluding hydrogens is 254 g/mol. The Morgan fingerprint density at radius 2 is 2.10 bits per heavy atom. The SMILES string of the molecule is CNc1cccc2c1N(Cc1ccncc1)C(=O)CO2. The molecule has 0 saturated heterocycles. The number of pyridine rings is 1. The second kappa shape index (κ2) is 5.21. The minimum absolute atomic E-state index is 0.0444. The smallest absolute Gasteiger partial charge is 0.265 e. The number of carbonyl (C=O) groups is 1. The van der Waals surface area contributed by atoms with Crippen molar-refractivity contribution in [2.24, 2.45) is 0 Å². The molecular formula is C15H15N3O2. The fourth-order valence-electron chi connectivity index (χ4n) is 2.30. The largest absolute Gasteiger partial charge is 0.481 e. The Balaban J connectivity index is 2.01. The highest BCUT2D eigenvalue weighted by Gasteiger charge is 2.27. The van der Waals surface area contributed by atoms with Gasteiger partial charge in [0.05, 0.1) is 12.2 Å². The van der Waals surface area contributed by atoms with Gasteiger partial charge in [-0.1, -0.05) is 6.07 Å². The predicted octanol–water partition coefficient (Wildman–Crippen LogP) is 2.05. The number of para-hydroxylation sites is 1. The zero-order valence-electron chi connectivity index (χ0n) is 11.2. The van der Waals surface area contributed by atoms with Gasteiger partial charge in [0.2, 0.25) is 0 Å². The molecule has 0 bridgehead atoms. The third kappa shape index (κ3) is 2.18. The molecule has 2 heterocycles. The Hall–Kier alpha value is -2.56. The molecule has 1 aliphatic heterocycles. The highest BCUT2D eigenvalue weighted by molar-refractivity contribution is 6.01. The summed E-state index contributed by atoms with van der Waals surface area (Å²) >= 11 is 0. The van der Waals surface area contributed by atoms with Crippen molar-refractivity contribution in [3.8, 4) is 5.75 Å². The van der Waals surface area contributed by atoms with Gasteiger partial charge in [-0.15, -0.1) is 0 Å². The molecule has 0 spiro atoms. The van der Waals surface area contributed by atoms with Crippen LogP contribution in [0.5, 0.6) is 5.75 Å². The zero-order chi connectivity index (χ0) is 13.9. The number of amides is 1. The number of anilines is 2. The number of rotatable bonds is 3. The van der Waals surface area contributed by atoms with E-state index in [1.54, 1.807) is 17.3 Å². The maximum Gasteiger partial charge on any atom is 0.265 e. The fraction of sp³-hybridized carbons (Fsp3) is 0.200. The van der Waals surface area contributed by atoms with Crippen LogP contribution in [0.2, 0.25) is 0 Å². The van der Waals surface area contributed by atoms with Crippen molar-refractivity contribution in [1.29, 1.82) is 0 Å². The minimum Gasteiger partial charge on any atom is -0.481 e. The third-order valence-electron chi connectivity index (χ3n) is 3.28. The summed E-state index contributed by atoms with van der Waals surface area (Å²) in [7, 11) is 1.83. The normalized spacial score (nSPS) is 13.7. The fourth-order valence-corrected chi connectivity index (χ4v) is 2.30. The first-order valence-electron chi connectivity index (χ1n) is 6.42. The van der Waals surface area contributed by atoms with Gasteiger partial charge in [-0.2, -0.15) is 0 Å². The van der Waals surface area contributed by atoms with Gasteiger partial charge in [0.15, 0.2) is 6.61 Å². The predicted molar refractivity (Wildman–Crippen MR) is 76.9 cm³/mol. The van der Waals surface area contributed by atoms with Gasteiger partial charge in [0.25, 0.3) is 5.91 Å². The molecule has 20 heavy (non-hydrogen) atoms. The number of nitrogens with zero attached hydrogens (tertiary/aromatic N) is 2. The summed E-state index contributed by atoms with van der Waals surface area (Å²) in [6.07, 6.45) is 3.45. The number of carbonyl (C=O) groups excluding carboxylic acids is 1.